The maximum atomic E-state index is 6.29. The standard InChI is InChI=1S/C83H54N6O/c1-83(2)69-32-16-11-26-57(69)65-48-67-62-30-14-19-35-74(62)89(78(67)49-70(65)83)82-84-71(50-81(85-82)88-73-34-18-13-29-61(73)66-45-51(37-42-76(66)88)52-38-44-80-68(46-52)64-31-15-20-36-79(64)90-80)58-41-43-75(59-27-10-9-25-56(58)59)86(53-21-5-3-6-22-53)55-39-40-63-60-28-12-17-33-72(60)87(77(63)47-55)54-23-7-4-8-24-54/h3-50H,1-2H3. The van der Waals surface area contributed by atoms with Gasteiger partial charge in [0.25, 0.3) is 0 Å². The van der Waals surface area contributed by atoms with Gasteiger partial charge in [0.05, 0.1) is 44.5 Å². The monoisotopic (exact) mass is 1150 g/mol. The van der Waals surface area contributed by atoms with Crippen LogP contribution in [0.4, 0.5) is 17.1 Å². The molecule has 1 aliphatic carbocycles. The Labute approximate surface area is 517 Å². The van der Waals surface area contributed by atoms with Gasteiger partial charge in [-0.25, -0.2) is 4.98 Å². The number of nitrogens with zero attached hydrogens (tertiary/aromatic N) is 6. The van der Waals surface area contributed by atoms with Gasteiger partial charge < -0.3 is 13.9 Å². The molecular weight excluding hydrogens is 1100 g/mol. The van der Waals surface area contributed by atoms with Crippen molar-refractivity contribution >= 4 is 115 Å². The first-order valence-corrected chi connectivity index (χ1v) is 30.9. The number of hydrogen-bond acceptors (Lipinski definition) is 4. The molecule has 7 heteroatoms. The van der Waals surface area contributed by atoms with Crippen LogP contribution >= 0.6 is 0 Å². The molecule has 0 radical (unpaired) electrons. The van der Waals surface area contributed by atoms with Gasteiger partial charge in [-0.15, -0.1) is 0 Å². The first kappa shape index (κ1) is 50.4. The summed E-state index contributed by atoms with van der Waals surface area (Å²) in [5, 5.41) is 11.4. The number of rotatable bonds is 8. The minimum Gasteiger partial charge on any atom is -0.456 e. The molecule has 0 fully saturated rings. The van der Waals surface area contributed by atoms with Gasteiger partial charge in [-0.1, -0.05) is 196 Å². The van der Waals surface area contributed by atoms with Crippen molar-refractivity contribution in [2.24, 2.45) is 0 Å². The zero-order valence-electron chi connectivity index (χ0n) is 49.3. The zero-order chi connectivity index (χ0) is 59.3. The van der Waals surface area contributed by atoms with E-state index in [0.29, 0.717) is 5.95 Å². The van der Waals surface area contributed by atoms with Gasteiger partial charge in [-0.05, 0) is 142 Å². The molecule has 19 rings (SSSR count). The summed E-state index contributed by atoms with van der Waals surface area (Å²) < 4.78 is 13.3. The van der Waals surface area contributed by atoms with E-state index in [4.69, 9.17) is 14.4 Å². The van der Waals surface area contributed by atoms with Gasteiger partial charge in [0.1, 0.15) is 17.0 Å². The molecule has 0 saturated heterocycles. The SMILES string of the molecule is CC1(C)c2ccccc2-c2cc3c4ccccc4n(-c4nc(-c5ccc(N(c6ccccc6)c6ccc7c8ccccc8n(-c8ccccc8)c7c6)c6ccccc56)cc(-n5c6ccccc6c6cc(-c7ccc8oc9ccccc9c8c7)ccc65)n4)c3cc21. The molecule has 0 spiro atoms. The Balaban J connectivity index is 0.849. The Morgan fingerprint density at radius 2 is 0.889 bits per heavy atom. The predicted molar refractivity (Wildman–Crippen MR) is 373 cm³/mol. The third kappa shape index (κ3) is 7.35. The summed E-state index contributed by atoms with van der Waals surface area (Å²) in [6.07, 6.45) is 0. The molecule has 0 bridgehead atoms. The van der Waals surface area contributed by atoms with Crippen molar-refractivity contribution < 1.29 is 4.42 Å². The average Bonchev–Trinajstić information content (AvgIpc) is 1.59. The van der Waals surface area contributed by atoms with E-state index >= 15 is 0 Å². The molecule has 7 nitrogen and oxygen atoms in total. The van der Waals surface area contributed by atoms with Crippen molar-refractivity contribution in [2.45, 2.75) is 19.3 Å². The van der Waals surface area contributed by atoms with E-state index in [-0.39, 0.29) is 5.41 Å². The molecule has 0 amide bonds. The zero-order valence-corrected chi connectivity index (χ0v) is 49.3. The Hall–Kier alpha value is -11.8. The number of furan rings is 1. The first-order chi connectivity index (χ1) is 44.4. The summed E-state index contributed by atoms with van der Waals surface area (Å²) >= 11 is 0. The summed E-state index contributed by atoms with van der Waals surface area (Å²) in [6.45, 7) is 4.71. The van der Waals surface area contributed by atoms with Gasteiger partial charge in [0.2, 0.25) is 5.95 Å². The minimum atomic E-state index is -0.227. The Kier molecular flexibility index (Phi) is 10.7. The second-order valence-corrected chi connectivity index (χ2v) is 24.5. The molecule has 422 valence electrons. The van der Waals surface area contributed by atoms with E-state index in [1.54, 1.807) is 0 Å². The van der Waals surface area contributed by atoms with Crippen LogP contribution in [0.2, 0.25) is 0 Å². The topological polar surface area (TPSA) is 57.0 Å². The van der Waals surface area contributed by atoms with Crippen LogP contribution in [0.1, 0.15) is 25.0 Å². The number of fused-ring (bicyclic) bond motifs is 16. The largest absolute Gasteiger partial charge is 0.456 e. The van der Waals surface area contributed by atoms with Crippen LogP contribution in [-0.2, 0) is 5.41 Å². The number of anilines is 3. The third-order valence-electron chi connectivity index (χ3n) is 19.3. The molecule has 5 heterocycles. The van der Waals surface area contributed by atoms with Gasteiger partial charge in [-0.3, -0.25) is 9.13 Å². The van der Waals surface area contributed by atoms with E-state index in [0.717, 1.165) is 133 Å². The lowest BCUT2D eigenvalue weighted by molar-refractivity contribution is 0.661. The van der Waals surface area contributed by atoms with Crippen LogP contribution in [0.25, 0.3) is 149 Å². The van der Waals surface area contributed by atoms with Gasteiger partial charge in [0, 0.05) is 82.6 Å². The fourth-order valence-electron chi connectivity index (χ4n) is 15.1. The first-order valence-electron chi connectivity index (χ1n) is 30.9. The maximum absolute atomic E-state index is 6.29. The molecule has 5 aromatic heterocycles. The van der Waals surface area contributed by atoms with E-state index < -0.39 is 0 Å². The molecule has 0 atom stereocenters. The van der Waals surface area contributed by atoms with Crippen molar-refractivity contribution in [3.8, 4) is 51.0 Å². The molecule has 1 aliphatic rings. The highest BCUT2D eigenvalue weighted by atomic mass is 16.3. The summed E-state index contributed by atoms with van der Waals surface area (Å²) in [7, 11) is 0. The molecule has 0 N–H and O–H groups in total. The molecular formula is C83H54N6O. The summed E-state index contributed by atoms with van der Waals surface area (Å²) in [6, 6.07) is 106. The van der Waals surface area contributed by atoms with Crippen LogP contribution in [-0.4, -0.2) is 23.7 Å². The lowest BCUT2D eigenvalue weighted by Crippen LogP contribution is -2.15. The minimum absolute atomic E-state index is 0.227. The van der Waals surface area contributed by atoms with Crippen LogP contribution < -0.4 is 4.90 Å². The van der Waals surface area contributed by atoms with Gasteiger partial charge in [-0.2, -0.15) is 4.98 Å². The fraction of sp³-hybridized carbons (Fsp3) is 0.0361. The van der Waals surface area contributed by atoms with Gasteiger partial charge in [0.15, 0.2) is 0 Å². The van der Waals surface area contributed by atoms with Crippen molar-refractivity contribution in [2.75, 3.05) is 4.90 Å². The van der Waals surface area contributed by atoms with E-state index in [1.165, 1.54) is 38.5 Å². The highest BCUT2D eigenvalue weighted by Gasteiger charge is 2.36. The molecule has 18 aromatic rings. The lowest BCUT2D eigenvalue weighted by atomic mass is 9.82. The maximum Gasteiger partial charge on any atom is 0.237 e. The van der Waals surface area contributed by atoms with E-state index in [1.807, 2.05) is 12.1 Å². The number of hydrogen-bond donors (Lipinski definition) is 0. The molecule has 13 aromatic carbocycles. The molecule has 0 aliphatic heterocycles. The summed E-state index contributed by atoms with van der Waals surface area (Å²) in [4.78, 5) is 14.1. The van der Waals surface area contributed by atoms with Crippen LogP contribution in [0.15, 0.2) is 296 Å². The Bertz CT molecular complexity index is 6020. The Morgan fingerprint density at radius 3 is 1.67 bits per heavy atom. The van der Waals surface area contributed by atoms with Crippen molar-refractivity contribution in [3.05, 3.63) is 302 Å². The summed E-state index contributed by atoms with van der Waals surface area (Å²) in [5.74, 6) is 1.35. The number of para-hydroxylation sites is 6. The predicted octanol–water partition coefficient (Wildman–Crippen LogP) is 21.9. The Morgan fingerprint density at radius 1 is 0.322 bits per heavy atom. The van der Waals surface area contributed by atoms with Crippen LogP contribution in [0.3, 0.4) is 0 Å². The van der Waals surface area contributed by atoms with E-state index in [2.05, 4.69) is 312 Å². The van der Waals surface area contributed by atoms with Crippen molar-refractivity contribution in [3.63, 3.8) is 0 Å². The normalized spacial score (nSPS) is 12.9. The lowest BCUT2D eigenvalue weighted by Gasteiger charge is -2.27. The fourth-order valence-corrected chi connectivity index (χ4v) is 15.1. The van der Waals surface area contributed by atoms with Crippen molar-refractivity contribution in [1.29, 1.82) is 0 Å². The summed E-state index contributed by atoms with van der Waals surface area (Å²) in [5.41, 5.74) is 21.6. The smallest absolute Gasteiger partial charge is 0.237 e. The molecule has 90 heavy (non-hydrogen) atoms. The van der Waals surface area contributed by atoms with E-state index in [9.17, 15) is 0 Å². The van der Waals surface area contributed by atoms with Crippen molar-refractivity contribution in [1.82, 2.24) is 23.7 Å². The molecule has 0 unspecified atom stereocenters. The number of benzene rings is 13. The third-order valence-corrected chi connectivity index (χ3v) is 19.3. The van der Waals surface area contributed by atoms with Crippen LogP contribution in [0.5, 0.6) is 0 Å². The number of aromatic nitrogens is 5. The second kappa shape index (κ2) is 19.1. The highest BCUT2D eigenvalue weighted by Crippen LogP contribution is 2.52. The second-order valence-electron chi connectivity index (χ2n) is 24.5. The highest BCUT2D eigenvalue weighted by molar-refractivity contribution is 6.15. The average molecular weight is 1150 g/mol. The molecule has 0 saturated carbocycles. The van der Waals surface area contributed by atoms with Gasteiger partial charge >= 0.3 is 0 Å². The quantitative estimate of drug-likeness (QED) is 0.152. The van der Waals surface area contributed by atoms with Crippen LogP contribution in [0, 0.1) is 0 Å².